The van der Waals surface area contributed by atoms with E-state index in [1.807, 2.05) is 0 Å². The fourth-order valence-electron chi connectivity index (χ4n) is 7.35. The molecule has 0 aromatic heterocycles. The molecule has 0 nitrogen and oxygen atoms in total. The number of hydrogen-bond donors (Lipinski definition) is 0. The summed E-state index contributed by atoms with van der Waals surface area (Å²) in [7, 11) is -2.08. The Morgan fingerprint density at radius 2 is 0.919 bits per heavy atom. The van der Waals surface area contributed by atoms with Crippen molar-refractivity contribution in [2.75, 3.05) is 0 Å². The second kappa shape index (κ2) is 9.47. The normalized spacial score (nSPS) is 14.8. The minimum absolute atomic E-state index is 1.08. The van der Waals surface area contributed by atoms with Gasteiger partial charge in [-0.3, -0.25) is 0 Å². The maximum Gasteiger partial charge on any atom is 0.119 e. The van der Waals surface area contributed by atoms with Crippen molar-refractivity contribution in [3.63, 3.8) is 0 Å². The monoisotopic (exact) mass is 496 g/mol. The molecule has 0 atom stereocenters. The first-order valence-electron chi connectivity index (χ1n) is 13.8. The maximum absolute atomic E-state index is 2.47. The molecule has 4 aromatic rings. The van der Waals surface area contributed by atoms with Crippen molar-refractivity contribution < 1.29 is 0 Å². The van der Waals surface area contributed by atoms with Gasteiger partial charge in [0.15, 0.2) is 0 Å². The molecule has 0 spiro atoms. The van der Waals surface area contributed by atoms with Crippen LogP contribution >= 0.6 is 0 Å². The van der Waals surface area contributed by atoms with Crippen molar-refractivity contribution in [1.82, 2.24) is 0 Å². The van der Waals surface area contributed by atoms with E-state index >= 15 is 0 Å². The predicted octanol–water partition coefficient (Wildman–Crippen LogP) is 9.95. The molecular weight excluding hydrogens is 460 g/mol. The quantitative estimate of drug-likeness (QED) is 0.233. The van der Waals surface area contributed by atoms with Crippen LogP contribution in [0, 0.1) is 0 Å². The molecule has 0 fully saturated rings. The molecule has 184 valence electrons. The molecule has 2 aliphatic rings. The summed E-state index contributed by atoms with van der Waals surface area (Å²) in [6.07, 6.45) is 2.17. The molecule has 4 aromatic carbocycles. The van der Waals surface area contributed by atoms with Gasteiger partial charge in [0.05, 0.1) is 0 Å². The third kappa shape index (κ3) is 3.71. The molecule has 6 rings (SSSR count). The first-order valence-corrected chi connectivity index (χ1v) is 16.3. The molecule has 0 radical (unpaired) electrons. The van der Waals surface area contributed by atoms with Crippen LogP contribution in [0.2, 0.25) is 12.1 Å². The number of hydrogen-bond acceptors (Lipinski definition) is 0. The molecule has 0 saturated carbocycles. The summed E-state index contributed by atoms with van der Waals surface area (Å²) in [5.41, 5.74) is 14.8. The lowest BCUT2D eigenvalue weighted by atomic mass is 9.97. The van der Waals surface area contributed by atoms with E-state index in [4.69, 9.17) is 0 Å². The highest BCUT2D eigenvalue weighted by Crippen LogP contribution is 2.55. The Morgan fingerprint density at radius 3 is 1.30 bits per heavy atom. The van der Waals surface area contributed by atoms with E-state index in [2.05, 4.69) is 125 Å². The zero-order valence-electron chi connectivity index (χ0n) is 22.6. The summed E-state index contributed by atoms with van der Waals surface area (Å²) in [6, 6.07) is 38.5. The molecule has 37 heavy (non-hydrogen) atoms. The Labute approximate surface area is 223 Å². The van der Waals surface area contributed by atoms with Crippen molar-refractivity contribution in [2.45, 2.75) is 52.6 Å². The third-order valence-corrected chi connectivity index (χ3v) is 14.6. The lowest BCUT2D eigenvalue weighted by Crippen LogP contribution is -2.37. The second-order valence-corrected chi connectivity index (χ2v) is 15.4. The van der Waals surface area contributed by atoms with Gasteiger partial charge in [-0.25, -0.2) is 0 Å². The van der Waals surface area contributed by atoms with Crippen LogP contribution in [0.4, 0.5) is 0 Å². The van der Waals surface area contributed by atoms with Crippen LogP contribution in [0.25, 0.3) is 32.6 Å². The van der Waals surface area contributed by atoms with E-state index in [-0.39, 0.29) is 0 Å². The third-order valence-electron chi connectivity index (χ3n) is 8.90. The Morgan fingerprint density at radius 1 is 0.514 bits per heavy atom. The van der Waals surface area contributed by atoms with Gasteiger partial charge < -0.3 is 0 Å². The number of rotatable bonds is 6. The van der Waals surface area contributed by atoms with Gasteiger partial charge in [-0.1, -0.05) is 134 Å². The molecular formula is C36H36Si. The van der Waals surface area contributed by atoms with Gasteiger partial charge in [-0.2, -0.15) is 0 Å². The van der Waals surface area contributed by atoms with Crippen LogP contribution in [0.3, 0.4) is 0 Å². The fourth-order valence-corrected chi connectivity index (χ4v) is 12.9. The Hall–Kier alpha value is -3.42. The minimum atomic E-state index is -2.08. The van der Waals surface area contributed by atoms with Gasteiger partial charge >= 0.3 is 0 Å². The average molecular weight is 497 g/mol. The molecule has 0 amide bonds. The Bertz CT molecular complexity index is 1420. The second-order valence-electron chi connectivity index (χ2n) is 10.9. The lowest BCUT2D eigenvalue weighted by Gasteiger charge is -2.37. The molecule has 1 heteroatoms. The highest BCUT2D eigenvalue weighted by atomic mass is 28.3. The van der Waals surface area contributed by atoms with E-state index < -0.39 is 8.07 Å². The maximum atomic E-state index is 2.47. The standard InChI is InChI=1S/C36H36Si/c1-5-37(6-2,35-25(3)23-29-19-13-21-31(33(29)35)27-15-9-7-10-16-27)36-26(4)24-30-20-14-22-32(34(30)36)28-17-11-8-12-18-28/h7-22H,5-6,23-24H2,1-4H3. The molecule has 2 aliphatic carbocycles. The number of fused-ring (bicyclic) bond motifs is 2. The highest BCUT2D eigenvalue weighted by molar-refractivity contribution is 7.10. The van der Waals surface area contributed by atoms with Crippen molar-refractivity contribution >= 4 is 18.5 Å². The lowest BCUT2D eigenvalue weighted by molar-refractivity contribution is 1.19. The molecule has 0 aliphatic heterocycles. The van der Waals surface area contributed by atoms with E-state index in [1.165, 1.54) is 45.5 Å². The molecule has 0 heterocycles. The largest absolute Gasteiger partial charge is 0.119 e. The molecule has 0 unspecified atom stereocenters. The smallest absolute Gasteiger partial charge is 0.0686 e. The summed E-state index contributed by atoms with van der Waals surface area (Å²) in [6.45, 7) is 9.79. The van der Waals surface area contributed by atoms with Crippen molar-refractivity contribution in [2.24, 2.45) is 0 Å². The first-order chi connectivity index (χ1) is 18.1. The summed E-state index contributed by atoms with van der Waals surface area (Å²) in [4.78, 5) is 0. The van der Waals surface area contributed by atoms with Gasteiger partial charge in [0.2, 0.25) is 0 Å². The van der Waals surface area contributed by atoms with Gasteiger partial charge in [0.25, 0.3) is 0 Å². The van der Waals surface area contributed by atoms with Crippen LogP contribution < -0.4 is 0 Å². The van der Waals surface area contributed by atoms with E-state index in [1.54, 1.807) is 32.7 Å². The minimum Gasteiger partial charge on any atom is -0.0686 e. The summed E-state index contributed by atoms with van der Waals surface area (Å²) in [5, 5.41) is 3.44. The Balaban J connectivity index is 1.62. The van der Waals surface area contributed by atoms with E-state index in [9.17, 15) is 0 Å². The Kier molecular flexibility index (Phi) is 6.13. The summed E-state index contributed by atoms with van der Waals surface area (Å²) in [5.74, 6) is 0. The van der Waals surface area contributed by atoms with Crippen LogP contribution in [-0.2, 0) is 12.8 Å². The topological polar surface area (TPSA) is 0 Å². The zero-order chi connectivity index (χ0) is 25.6. The highest BCUT2D eigenvalue weighted by Gasteiger charge is 2.46. The fraction of sp³-hybridized carbons (Fsp3) is 0.222. The zero-order valence-corrected chi connectivity index (χ0v) is 23.6. The van der Waals surface area contributed by atoms with Crippen LogP contribution in [0.1, 0.15) is 49.9 Å². The van der Waals surface area contributed by atoms with Gasteiger partial charge in [0, 0.05) is 0 Å². The van der Waals surface area contributed by atoms with Crippen LogP contribution in [0.15, 0.2) is 108 Å². The van der Waals surface area contributed by atoms with E-state index in [0.717, 1.165) is 12.8 Å². The van der Waals surface area contributed by atoms with Crippen molar-refractivity contribution in [3.05, 3.63) is 130 Å². The van der Waals surface area contributed by atoms with Crippen molar-refractivity contribution in [3.8, 4) is 22.3 Å². The molecule has 0 saturated heterocycles. The van der Waals surface area contributed by atoms with Gasteiger partial charge in [0.1, 0.15) is 8.07 Å². The SMILES string of the molecule is CC[Si](CC)(C1=C(C)Cc2cccc(-c3ccccc3)c21)C1=C(C)Cc2cccc(-c3ccccc3)c21. The summed E-state index contributed by atoms with van der Waals surface area (Å²) >= 11 is 0. The average Bonchev–Trinajstić information content (AvgIpc) is 3.47. The number of benzene rings is 4. The molecule has 0 N–H and O–H groups in total. The summed E-state index contributed by atoms with van der Waals surface area (Å²) < 4.78 is 0. The van der Waals surface area contributed by atoms with Gasteiger partial charge in [-0.05, 0) is 81.6 Å². The van der Waals surface area contributed by atoms with Crippen LogP contribution in [-0.4, -0.2) is 8.07 Å². The van der Waals surface area contributed by atoms with Gasteiger partial charge in [-0.15, -0.1) is 0 Å². The molecule has 0 bridgehead atoms. The van der Waals surface area contributed by atoms with E-state index in [0.29, 0.717) is 0 Å². The van der Waals surface area contributed by atoms with Crippen molar-refractivity contribution in [1.29, 1.82) is 0 Å². The predicted molar refractivity (Wildman–Crippen MR) is 163 cm³/mol. The number of allylic oxidation sites excluding steroid dienone is 2. The first kappa shape index (κ1) is 23.9. The van der Waals surface area contributed by atoms with Crippen LogP contribution in [0.5, 0.6) is 0 Å².